The lowest BCUT2D eigenvalue weighted by Crippen LogP contribution is -2.50. The van der Waals surface area contributed by atoms with Crippen molar-refractivity contribution in [2.75, 3.05) is 37.7 Å². The number of fused-ring (bicyclic) bond motifs is 1. The van der Waals surface area contributed by atoms with E-state index < -0.39 is 0 Å². The third-order valence-corrected chi connectivity index (χ3v) is 4.89. The summed E-state index contributed by atoms with van der Waals surface area (Å²) >= 11 is 0. The molecule has 2 saturated heterocycles. The van der Waals surface area contributed by atoms with Gasteiger partial charge in [0.1, 0.15) is 0 Å². The fraction of sp³-hybridized carbons (Fsp3) is 0.750. The lowest BCUT2D eigenvalue weighted by molar-refractivity contribution is 0.0521. The second-order valence-electron chi connectivity index (χ2n) is 6.79. The molecular weight excluding hydrogens is 264 g/mol. The summed E-state index contributed by atoms with van der Waals surface area (Å²) < 4.78 is 6.08. The van der Waals surface area contributed by atoms with Crippen LogP contribution in [-0.4, -0.2) is 59.8 Å². The molecule has 3 aliphatic rings. The molecule has 1 saturated carbocycles. The highest BCUT2D eigenvalue weighted by molar-refractivity contribution is 5.31. The zero-order valence-electron chi connectivity index (χ0n) is 12.7. The normalized spacial score (nSPS) is 29.7. The first-order valence-electron chi connectivity index (χ1n) is 8.17. The highest BCUT2D eigenvalue weighted by Gasteiger charge is 2.37. The number of rotatable bonds is 4. The summed E-state index contributed by atoms with van der Waals surface area (Å²) in [7, 11) is 0. The SMILES string of the molecule is Cc1cnc(N2CCN3C[C@H](OCC4CC4)C[C@H]3C2)nc1. The number of aromatic nitrogens is 2. The Hall–Kier alpha value is -1.20. The van der Waals surface area contributed by atoms with Gasteiger partial charge in [-0.15, -0.1) is 0 Å². The number of hydrogen-bond donors (Lipinski definition) is 0. The van der Waals surface area contributed by atoms with E-state index in [0.717, 1.165) is 56.6 Å². The Balaban J connectivity index is 1.35. The summed E-state index contributed by atoms with van der Waals surface area (Å²) in [6.45, 7) is 7.28. The van der Waals surface area contributed by atoms with E-state index in [2.05, 4.69) is 19.8 Å². The van der Waals surface area contributed by atoms with Gasteiger partial charge in [0.25, 0.3) is 0 Å². The standard InChI is InChI=1S/C16H24N4O/c1-12-7-17-16(18-8-12)20-5-4-19-10-15(6-14(19)9-20)21-11-13-2-3-13/h7-8,13-15H,2-6,9-11H2,1H3/t14-,15+/m0/s1. The van der Waals surface area contributed by atoms with E-state index in [1.54, 1.807) is 0 Å². The molecule has 4 rings (SSSR count). The number of anilines is 1. The van der Waals surface area contributed by atoms with Gasteiger partial charge in [-0.05, 0) is 37.7 Å². The van der Waals surface area contributed by atoms with Crippen LogP contribution in [0.1, 0.15) is 24.8 Å². The molecule has 114 valence electrons. The zero-order valence-corrected chi connectivity index (χ0v) is 12.7. The van der Waals surface area contributed by atoms with Crippen LogP contribution in [-0.2, 0) is 4.74 Å². The van der Waals surface area contributed by atoms with Gasteiger partial charge in [0.05, 0.1) is 6.10 Å². The van der Waals surface area contributed by atoms with Crippen molar-refractivity contribution in [3.05, 3.63) is 18.0 Å². The molecule has 3 heterocycles. The van der Waals surface area contributed by atoms with E-state index in [1.165, 1.54) is 12.8 Å². The average Bonchev–Trinajstić information content (AvgIpc) is 3.24. The summed E-state index contributed by atoms with van der Waals surface area (Å²) in [6.07, 6.45) is 8.16. The number of ether oxygens (including phenoxy) is 1. The summed E-state index contributed by atoms with van der Waals surface area (Å²) in [5, 5.41) is 0. The van der Waals surface area contributed by atoms with E-state index >= 15 is 0 Å². The van der Waals surface area contributed by atoms with Gasteiger partial charge in [-0.1, -0.05) is 0 Å². The fourth-order valence-corrected chi connectivity index (χ4v) is 3.40. The van der Waals surface area contributed by atoms with Gasteiger partial charge in [0, 0.05) is 51.2 Å². The first kappa shape index (κ1) is 13.5. The maximum atomic E-state index is 6.08. The first-order valence-corrected chi connectivity index (χ1v) is 8.17. The summed E-state index contributed by atoms with van der Waals surface area (Å²) in [6, 6.07) is 0.604. The van der Waals surface area contributed by atoms with Crippen molar-refractivity contribution in [1.29, 1.82) is 0 Å². The number of hydrogen-bond acceptors (Lipinski definition) is 5. The molecule has 3 fully saturated rings. The molecule has 1 aromatic heterocycles. The molecule has 21 heavy (non-hydrogen) atoms. The van der Waals surface area contributed by atoms with Crippen LogP contribution >= 0.6 is 0 Å². The molecule has 1 aromatic rings. The smallest absolute Gasteiger partial charge is 0.225 e. The van der Waals surface area contributed by atoms with E-state index in [-0.39, 0.29) is 0 Å². The van der Waals surface area contributed by atoms with Crippen molar-refractivity contribution in [3.63, 3.8) is 0 Å². The Kier molecular flexibility index (Phi) is 3.55. The van der Waals surface area contributed by atoms with Crippen LogP contribution in [0.25, 0.3) is 0 Å². The second kappa shape index (κ2) is 5.54. The molecule has 1 aliphatic carbocycles. The van der Waals surface area contributed by atoms with E-state index in [0.29, 0.717) is 12.1 Å². The molecular formula is C16H24N4O. The van der Waals surface area contributed by atoms with Gasteiger partial charge < -0.3 is 9.64 Å². The van der Waals surface area contributed by atoms with Crippen molar-refractivity contribution in [2.45, 2.75) is 38.3 Å². The van der Waals surface area contributed by atoms with Gasteiger partial charge in [0.2, 0.25) is 5.95 Å². The third-order valence-electron chi connectivity index (χ3n) is 4.89. The average molecular weight is 288 g/mol. The molecule has 5 heteroatoms. The van der Waals surface area contributed by atoms with Crippen LogP contribution in [0.4, 0.5) is 5.95 Å². The van der Waals surface area contributed by atoms with E-state index in [4.69, 9.17) is 4.74 Å². The molecule has 0 N–H and O–H groups in total. The van der Waals surface area contributed by atoms with E-state index in [9.17, 15) is 0 Å². The van der Waals surface area contributed by atoms with Crippen LogP contribution in [0.3, 0.4) is 0 Å². The van der Waals surface area contributed by atoms with Gasteiger partial charge in [0.15, 0.2) is 0 Å². The largest absolute Gasteiger partial charge is 0.377 e. The molecule has 0 aromatic carbocycles. The second-order valence-corrected chi connectivity index (χ2v) is 6.79. The minimum atomic E-state index is 0.439. The predicted molar refractivity (Wildman–Crippen MR) is 81.4 cm³/mol. The molecule has 0 spiro atoms. The maximum absolute atomic E-state index is 6.08. The van der Waals surface area contributed by atoms with Gasteiger partial charge >= 0.3 is 0 Å². The summed E-state index contributed by atoms with van der Waals surface area (Å²) in [5.74, 6) is 1.74. The Morgan fingerprint density at radius 1 is 1.19 bits per heavy atom. The fourth-order valence-electron chi connectivity index (χ4n) is 3.40. The lowest BCUT2D eigenvalue weighted by atomic mass is 10.1. The van der Waals surface area contributed by atoms with Gasteiger partial charge in [-0.25, -0.2) is 9.97 Å². The third kappa shape index (κ3) is 3.04. The minimum absolute atomic E-state index is 0.439. The topological polar surface area (TPSA) is 41.5 Å². The monoisotopic (exact) mass is 288 g/mol. The molecule has 0 unspecified atom stereocenters. The lowest BCUT2D eigenvalue weighted by Gasteiger charge is -2.37. The minimum Gasteiger partial charge on any atom is -0.377 e. The van der Waals surface area contributed by atoms with Gasteiger partial charge in [-0.2, -0.15) is 0 Å². The molecule has 0 radical (unpaired) electrons. The van der Waals surface area contributed by atoms with Crippen LogP contribution in [0, 0.1) is 12.8 Å². The van der Waals surface area contributed by atoms with Crippen molar-refractivity contribution < 1.29 is 4.74 Å². The van der Waals surface area contributed by atoms with Crippen molar-refractivity contribution in [3.8, 4) is 0 Å². The highest BCUT2D eigenvalue weighted by Crippen LogP contribution is 2.31. The zero-order chi connectivity index (χ0) is 14.2. The van der Waals surface area contributed by atoms with E-state index in [1.807, 2.05) is 19.3 Å². The molecule has 2 aliphatic heterocycles. The maximum Gasteiger partial charge on any atom is 0.225 e. The van der Waals surface area contributed by atoms with Crippen LogP contribution in [0.15, 0.2) is 12.4 Å². The Morgan fingerprint density at radius 3 is 2.76 bits per heavy atom. The van der Waals surface area contributed by atoms with Crippen LogP contribution in [0.2, 0.25) is 0 Å². The van der Waals surface area contributed by atoms with Crippen molar-refractivity contribution in [2.24, 2.45) is 5.92 Å². The van der Waals surface area contributed by atoms with Gasteiger partial charge in [-0.3, -0.25) is 4.90 Å². The van der Waals surface area contributed by atoms with Crippen LogP contribution in [0.5, 0.6) is 0 Å². The first-order chi connectivity index (χ1) is 10.3. The highest BCUT2D eigenvalue weighted by atomic mass is 16.5. The molecule has 2 atom stereocenters. The number of nitrogens with zero attached hydrogens (tertiary/aromatic N) is 4. The summed E-state index contributed by atoms with van der Waals surface area (Å²) in [5.41, 5.74) is 1.12. The number of aryl methyl sites for hydroxylation is 1. The Morgan fingerprint density at radius 2 is 2.00 bits per heavy atom. The molecule has 0 bridgehead atoms. The number of piperazine rings is 1. The predicted octanol–water partition coefficient (Wildman–Crippen LogP) is 1.47. The quantitative estimate of drug-likeness (QED) is 0.839. The molecule has 0 amide bonds. The van der Waals surface area contributed by atoms with Crippen molar-refractivity contribution in [1.82, 2.24) is 14.9 Å². The molecule has 5 nitrogen and oxygen atoms in total. The Labute approximate surface area is 126 Å². The van der Waals surface area contributed by atoms with Crippen LogP contribution < -0.4 is 4.90 Å². The summed E-state index contributed by atoms with van der Waals surface area (Å²) in [4.78, 5) is 13.8. The Bertz CT molecular complexity index is 488. The van der Waals surface area contributed by atoms with Crippen molar-refractivity contribution >= 4 is 5.95 Å².